The van der Waals surface area contributed by atoms with Gasteiger partial charge in [0.2, 0.25) is 12.5 Å². The fourth-order valence-electron chi connectivity index (χ4n) is 6.94. The molecule has 0 amide bonds. The predicted molar refractivity (Wildman–Crippen MR) is 246 cm³/mol. The lowest BCUT2D eigenvalue weighted by Crippen LogP contribution is -2.37. The molecule has 71 heavy (non-hydrogen) atoms. The predicted octanol–water partition coefficient (Wildman–Crippen LogP) is 6.56. The summed E-state index contributed by atoms with van der Waals surface area (Å²) in [5.41, 5.74) is 1.38. The highest BCUT2D eigenvalue weighted by molar-refractivity contribution is 9.09. The average molecular weight is 1050 g/mol. The fourth-order valence-corrected chi connectivity index (χ4v) is 7.52. The molecule has 3 fully saturated rings. The molecule has 0 aromatic heterocycles. The molecule has 5 aromatic carbocycles. The summed E-state index contributed by atoms with van der Waals surface area (Å²) in [4.78, 5) is 61.5. The Kier molecular flexibility index (Phi) is 20.2. The number of alkyl halides is 4. The molecule has 3 heterocycles. The van der Waals surface area contributed by atoms with E-state index in [0.29, 0.717) is 16.7 Å². The van der Waals surface area contributed by atoms with E-state index in [4.69, 9.17) is 48.1 Å². The highest BCUT2D eigenvalue weighted by atomic mass is 79.9. The zero-order valence-electron chi connectivity index (χ0n) is 37.6. The van der Waals surface area contributed by atoms with Crippen molar-refractivity contribution >= 4 is 45.8 Å². The molecule has 376 valence electrons. The summed E-state index contributed by atoms with van der Waals surface area (Å²) < 4.78 is 89.0. The molecular weight excluding hydrogens is 1010 g/mol. The van der Waals surface area contributed by atoms with Gasteiger partial charge < -0.3 is 52.8 Å². The Bertz CT molecular complexity index is 2450. The second kappa shape index (κ2) is 26.6. The van der Waals surface area contributed by atoms with Crippen molar-refractivity contribution in [2.24, 2.45) is 0 Å². The Morgan fingerprint density at radius 3 is 1.17 bits per heavy atom. The van der Waals surface area contributed by atoms with Crippen molar-refractivity contribution in [1.29, 1.82) is 0 Å². The molecule has 2 N–H and O–H groups in total. The van der Waals surface area contributed by atoms with Crippen LogP contribution in [0, 0.1) is 0 Å². The third-order valence-corrected chi connectivity index (χ3v) is 11.4. The van der Waals surface area contributed by atoms with Crippen LogP contribution in [0.4, 0.5) is 13.2 Å². The van der Waals surface area contributed by atoms with Crippen molar-refractivity contribution in [3.63, 3.8) is 0 Å². The zero-order valence-corrected chi connectivity index (χ0v) is 39.2. The molecule has 0 saturated carbocycles. The van der Waals surface area contributed by atoms with E-state index >= 15 is 4.39 Å². The molecule has 12 unspecified atom stereocenters. The van der Waals surface area contributed by atoms with E-state index < -0.39 is 116 Å². The first-order chi connectivity index (χ1) is 34.3. The lowest BCUT2D eigenvalue weighted by molar-refractivity contribution is -0.141. The highest BCUT2D eigenvalue weighted by Crippen LogP contribution is 2.32. The minimum Gasteiger partial charge on any atom is -0.459 e. The number of esters is 5. The molecular formula is C51H48BrF3O16. The van der Waals surface area contributed by atoms with Gasteiger partial charge in [-0.1, -0.05) is 107 Å². The Labute approximate surface area is 413 Å². The maximum atomic E-state index is 15.3. The van der Waals surface area contributed by atoms with Crippen LogP contribution in [0.3, 0.4) is 0 Å². The summed E-state index contributed by atoms with van der Waals surface area (Å²) in [5.74, 6) is -3.47. The number of ether oxygens (including phenoxy) is 9. The van der Waals surface area contributed by atoms with Gasteiger partial charge in [-0.2, -0.15) is 0 Å². The molecule has 3 aliphatic heterocycles. The number of hydrogen-bond donors (Lipinski definition) is 2. The lowest BCUT2D eigenvalue weighted by Gasteiger charge is -2.19. The van der Waals surface area contributed by atoms with E-state index in [1.165, 1.54) is 31.4 Å². The van der Waals surface area contributed by atoms with Crippen molar-refractivity contribution in [3.05, 3.63) is 179 Å². The van der Waals surface area contributed by atoms with E-state index in [1.54, 1.807) is 127 Å². The maximum absolute atomic E-state index is 15.3. The van der Waals surface area contributed by atoms with E-state index in [9.17, 15) is 32.8 Å². The minimum absolute atomic E-state index is 0.204. The molecule has 16 nitrogen and oxygen atoms in total. The normalized spacial score (nSPS) is 26.3. The van der Waals surface area contributed by atoms with Crippen LogP contribution in [0.5, 0.6) is 0 Å². The number of aliphatic hydroxyl groups excluding tert-OH is 2. The molecule has 20 heteroatoms. The van der Waals surface area contributed by atoms with Gasteiger partial charge in [0.25, 0.3) is 0 Å². The number of carbonyl (C=O) groups excluding carboxylic acids is 5. The Morgan fingerprint density at radius 1 is 0.479 bits per heavy atom. The van der Waals surface area contributed by atoms with E-state index in [0.717, 1.165) is 0 Å². The van der Waals surface area contributed by atoms with Gasteiger partial charge in [0.1, 0.15) is 42.6 Å². The monoisotopic (exact) mass is 1050 g/mol. The standard InChI is InChI=1S/C26H21FO7.C19H16BrFO5.C6H11FO4/c27-21-22(33-24(29)18-12-6-2-7-13-18)20(16-31-23(28)17-10-4-1-5-11-17)32-26(21)34-25(30)19-14-8-3-9-15-19;20-17-15(21)16(26-19(23)13-9-5-2-6-10-13)14(25-17)11-24-18(22)12-7-3-1-4-8-12;1-10-6-4(7)5(9)3(2-8)11-6/h1-15,20-22,26H,16H2;1-10,14-17H,11H2;3-6,8-9H,2H2,1H3. The van der Waals surface area contributed by atoms with E-state index in [2.05, 4.69) is 20.7 Å². The van der Waals surface area contributed by atoms with Gasteiger partial charge in [-0.05, 0) is 60.7 Å². The SMILES string of the molecule is COC1OC(CO)C(O)C1F.O=C(OCC1OC(Br)C(F)C1OC(=O)c1ccccc1)c1ccccc1.O=C(OCC1OC(OC(=O)c2ccccc2)C(F)C1OC(=O)c1ccccc1)c1ccccc1. The van der Waals surface area contributed by atoms with Crippen LogP contribution in [-0.2, 0) is 42.6 Å². The van der Waals surface area contributed by atoms with E-state index in [1.807, 2.05) is 0 Å². The van der Waals surface area contributed by atoms with Crippen LogP contribution in [-0.4, -0.2) is 140 Å². The molecule has 8 rings (SSSR count). The summed E-state index contributed by atoms with van der Waals surface area (Å²) in [6.07, 6.45) is -14.8. The Morgan fingerprint density at radius 2 is 0.817 bits per heavy atom. The highest BCUT2D eigenvalue weighted by Gasteiger charge is 2.51. The van der Waals surface area contributed by atoms with Crippen molar-refractivity contribution in [2.75, 3.05) is 26.9 Å². The third-order valence-electron chi connectivity index (χ3n) is 10.7. The van der Waals surface area contributed by atoms with Crippen LogP contribution < -0.4 is 0 Å². The van der Waals surface area contributed by atoms with Gasteiger partial charge in [0.15, 0.2) is 30.8 Å². The van der Waals surface area contributed by atoms with Crippen LogP contribution in [0.2, 0.25) is 0 Å². The second-order valence-corrected chi connectivity index (χ2v) is 16.4. The lowest BCUT2D eigenvalue weighted by atomic mass is 10.1. The average Bonchev–Trinajstić information content (AvgIpc) is 3.98. The van der Waals surface area contributed by atoms with Crippen LogP contribution in [0.15, 0.2) is 152 Å². The molecule has 0 bridgehead atoms. The number of rotatable bonds is 14. The summed E-state index contributed by atoms with van der Waals surface area (Å²) in [6, 6.07) is 40.9. The zero-order chi connectivity index (χ0) is 50.9. The first-order valence-electron chi connectivity index (χ1n) is 21.9. The summed E-state index contributed by atoms with van der Waals surface area (Å²) in [5, 5.41) is 16.6. The van der Waals surface area contributed by atoms with Crippen molar-refractivity contribution in [2.45, 2.75) is 72.7 Å². The number of halogens is 4. The van der Waals surface area contributed by atoms with Crippen molar-refractivity contribution in [3.8, 4) is 0 Å². The number of aliphatic hydroxyl groups is 2. The van der Waals surface area contributed by atoms with Crippen molar-refractivity contribution in [1.82, 2.24) is 0 Å². The minimum atomic E-state index is -2.00. The molecule has 0 aliphatic carbocycles. The summed E-state index contributed by atoms with van der Waals surface area (Å²) in [6.45, 7) is -1.05. The fraction of sp³-hybridized carbons (Fsp3) is 0.314. The van der Waals surface area contributed by atoms with Gasteiger partial charge in [0, 0.05) is 7.11 Å². The maximum Gasteiger partial charge on any atom is 0.340 e. The number of hydrogen-bond acceptors (Lipinski definition) is 16. The van der Waals surface area contributed by atoms with E-state index in [-0.39, 0.29) is 17.7 Å². The molecule has 12 atom stereocenters. The molecule has 3 saturated heterocycles. The topological polar surface area (TPSA) is 209 Å². The molecule has 0 radical (unpaired) electrons. The van der Waals surface area contributed by atoms with Gasteiger partial charge in [0.05, 0.1) is 34.4 Å². The van der Waals surface area contributed by atoms with Gasteiger partial charge >= 0.3 is 29.8 Å². The van der Waals surface area contributed by atoms with Crippen molar-refractivity contribution < 1.29 is 90.0 Å². The largest absolute Gasteiger partial charge is 0.459 e. The molecule has 3 aliphatic rings. The molecule has 0 spiro atoms. The van der Waals surface area contributed by atoms with Gasteiger partial charge in [-0.25, -0.2) is 37.1 Å². The first kappa shape index (κ1) is 53.8. The second-order valence-electron chi connectivity index (χ2n) is 15.5. The summed E-state index contributed by atoms with van der Waals surface area (Å²) in [7, 11) is 1.28. The first-order valence-corrected chi connectivity index (χ1v) is 22.8. The summed E-state index contributed by atoms with van der Waals surface area (Å²) >= 11 is 3.05. The van der Waals surface area contributed by atoms with Gasteiger partial charge in [-0.15, -0.1) is 0 Å². The number of carbonyl (C=O) groups is 5. The number of benzene rings is 5. The smallest absolute Gasteiger partial charge is 0.340 e. The quantitative estimate of drug-likeness (QED) is 0.0685. The number of methoxy groups -OCH3 is 1. The van der Waals surface area contributed by atoms with Crippen LogP contribution >= 0.6 is 15.9 Å². The Balaban J connectivity index is 0.000000196. The van der Waals surface area contributed by atoms with Crippen LogP contribution in [0.25, 0.3) is 0 Å². The van der Waals surface area contributed by atoms with Crippen LogP contribution in [0.1, 0.15) is 51.8 Å². The third kappa shape index (κ3) is 14.8. The molecule has 5 aromatic rings. The Hall–Kier alpha value is -6.52. The van der Waals surface area contributed by atoms with Gasteiger partial charge in [-0.3, -0.25) is 0 Å².